The van der Waals surface area contributed by atoms with Crippen molar-refractivity contribution in [1.82, 2.24) is 4.98 Å². The lowest BCUT2D eigenvalue weighted by atomic mass is 10.0. The van der Waals surface area contributed by atoms with Gasteiger partial charge in [-0.2, -0.15) is 0 Å². The Bertz CT molecular complexity index is 767. The van der Waals surface area contributed by atoms with Crippen LogP contribution in [0.15, 0.2) is 60.3 Å². The van der Waals surface area contributed by atoms with Gasteiger partial charge >= 0.3 is 0 Å². The van der Waals surface area contributed by atoms with Crippen LogP contribution in [0.1, 0.15) is 15.9 Å². The van der Waals surface area contributed by atoms with Gasteiger partial charge in [0.25, 0.3) is 0 Å². The number of fused-ring (bicyclic) bond motifs is 1. The third kappa shape index (κ3) is 2.66. The molecule has 0 saturated carbocycles. The number of ketones is 1. The Hall–Kier alpha value is -2.59. The van der Waals surface area contributed by atoms with Crippen LogP contribution in [0, 0.1) is 0 Å². The molecular weight excluding hydrogens is 288 g/mol. The number of allylic oxidation sites excluding steroid dienone is 1. The van der Waals surface area contributed by atoms with Gasteiger partial charge in [-0.25, -0.2) is 0 Å². The zero-order valence-electron chi connectivity index (χ0n) is 10.9. The van der Waals surface area contributed by atoms with Crippen LogP contribution in [0.5, 0.6) is 0 Å². The summed E-state index contributed by atoms with van der Waals surface area (Å²) >= 11 is 5.94. The zero-order chi connectivity index (χ0) is 14.8. The van der Waals surface area contributed by atoms with Crippen LogP contribution in [0.3, 0.4) is 0 Å². The number of benzene rings is 1. The molecule has 3 rings (SSSR count). The summed E-state index contributed by atoms with van der Waals surface area (Å²) in [6, 6.07) is 8.58. The molecule has 0 aliphatic carbocycles. The lowest BCUT2D eigenvalue weighted by Gasteiger charge is -2.05. The van der Waals surface area contributed by atoms with E-state index < -0.39 is 0 Å². The van der Waals surface area contributed by atoms with E-state index in [1.165, 1.54) is 12.4 Å². The third-order valence-corrected chi connectivity index (χ3v) is 3.36. The minimum Gasteiger partial charge on any atom is -0.506 e. The second-order valence-corrected chi connectivity index (χ2v) is 4.97. The molecule has 2 N–H and O–H groups in total. The molecule has 0 spiro atoms. The van der Waals surface area contributed by atoms with E-state index in [-0.39, 0.29) is 17.1 Å². The van der Waals surface area contributed by atoms with E-state index in [9.17, 15) is 9.90 Å². The molecule has 0 amide bonds. The summed E-state index contributed by atoms with van der Waals surface area (Å²) < 4.78 is 0. The average Bonchev–Trinajstić information content (AvgIpc) is 2.67. The summed E-state index contributed by atoms with van der Waals surface area (Å²) in [7, 11) is 0. The SMILES string of the molecule is O=C(C1=Cc2ccc(Cl)cc2NC=C1O)c1cccnc1. The lowest BCUT2D eigenvalue weighted by molar-refractivity contribution is 0.103. The van der Waals surface area contributed by atoms with E-state index in [2.05, 4.69) is 10.3 Å². The molecule has 2 aromatic rings. The summed E-state index contributed by atoms with van der Waals surface area (Å²) in [5.41, 5.74) is 2.12. The van der Waals surface area contributed by atoms with Gasteiger partial charge in [-0.3, -0.25) is 9.78 Å². The number of nitrogens with one attached hydrogen (secondary N) is 1. The normalized spacial score (nSPS) is 13.4. The van der Waals surface area contributed by atoms with E-state index in [0.717, 1.165) is 11.3 Å². The van der Waals surface area contributed by atoms with Crippen LogP contribution in [-0.4, -0.2) is 15.9 Å². The number of aliphatic hydroxyl groups is 1. The largest absolute Gasteiger partial charge is 0.506 e. The smallest absolute Gasteiger partial charge is 0.198 e. The van der Waals surface area contributed by atoms with Crippen LogP contribution in [0.2, 0.25) is 5.02 Å². The van der Waals surface area contributed by atoms with Gasteiger partial charge in [-0.05, 0) is 35.9 Å². The molecule has 0 fully saturated rings. The van der Waals surface area contributed by atoms with Gasteiger partial charge in [-0.1, -0.05) is 17.7 Å². The van der Waals surface area contributed by atoms with Crippen LogP contribution >= 0.6 is 11.6 Å². The van der Waals surface area contributed by atoms with Crippen molar-refractivity contribution in [3.63, 3.8) is 0 Å². The number of nitrogens with zero attached hydrogens (tertiary/aromatic N) is 1. The quantitative estimate of drug-likeness (QED) is 0.827. The average molecular weight is 299 g/mol. The fourth-order valence-corrected chi connectivity index (χ4v) is 2.24. The lowest BCUT2D eigenvalue weighted by Crippen LogP contribution is -2.06. The molecule has 2 heterocycles. The van der Waals surface area contributed by atoms with Gasteiger partial charge in [-0.15, -0.1) is 0 Å². The first kappa shape index (κ1) is 13.4. The van der Waals surface area contributed by atoms with Crippen molar-refractivity contribution in [3.05, 3.63) is 76.4 Å². The third-order valence-electron chi connectivity index (χ3n) is 3.12. The Morgan fingerprint density at radius 1 is 1.29 bits per heavy atom. The van der Waals surface area contributed by atoms with Gasteiger partial charge < -0.3 is 10.4 Å². The molecule has 1 aliphatic heterocycles. The number of rotatable bonds is 2. The van der Waals surface area contributed by atoms with Gasteiger partial charge in [0, 0.05) is 34.9 Å². The van der Waals surface area contributed by atoms with Crippen molar-refractivity contribution < 1.29 is 9.90 Å². The number of pyridine rings is 1. The number of carbonyl (C=O) groups excluding carboxylic acids is 1. The van der Waals surface area contributed by atoms with Crippen LogP contribution < -0.4 is 5.32 Å². The minimum absolute atomic E-state index is 0.129. The number of carbonyl (C=O) groups is 1. The number of aliphatic hydroxyl groups excluding tert-OH is 1. The first-order valence-electron chi connectivity index (χ1n) is 6.27. The van der Waals surface area contributed by atoms with Crippen molar-refractivity contribution >= 4 is 29.1 Å². The number of hydrogen-bond donors (Lipinski definition) is 2. The Kier molecular flexibility index (Phi) is 3.46. The predicted molar refractivity (Wildman–Crippen MR) is 82.3 cm³/mol. The number of hydrogen-bond acceptors (Lipinski definition) is 4. The second-order valence-electron chi connectivity index (χ2n) is 4.53. The highest BCUT2D eigenvalue weighted by atomic mass is 35.5. The van der Waals surface area contributed by atoms with Crippen molar-refractivity contribution in [1.29, 1.82) is 0 Å². The Morgan fingerprint density at radius 3 is 2.90 bits per heavy atom. The minimum atomic E-state index is -0.290. The zero-order valence-corrected chi connectivity index (χ0v) is 11.6. The van der Waals surface area contributed by atoms with Gasteiger partial charge in [0.15, 0.2) is 5.78 Å². The summed E-state index contributed by atoms with van der Waals surface area (Å²) in [6.07, 6.45) is 6.07. The van der Waals surface area contributed by atoms with Crippen molar-refractivity contribution in [3.8, 4) is 0 Å². The van der Waals surface area contributed by atoms with Crippen LogP contribution in [0.4, 0.5) is 5.69 Å². The Balaban J connectivity index is 2.08. The maximum absolute atomic E-state index is 12.5. The highest BCUT2D eigenvalue weighted by molar-refractivity contribution is 6.31. The molecule has 0 unspecified atom stereocenters. The molecule has 5 heteroatoms. The fraction of sp³-hybridized carbons (Fsp3) is 0. The highest BCUT2D eigenvalue weighted by Crippen LogP contribution is 2.28. The molecule has 1 aliphatic rings. The Morgan fingerprint density at radius 2 is 2.14 bits per heavy atom. The van der Waals surface area contributed by atoms with Crippen molar-refractivity contribution in [2.45, 2.75) is 0 Å². The maximum Gasteiger partial charge on any atom is 0.198 e. The first-order chi connectivity index (χ1) is 10.1. The summed E-state index contributed by atoms with van der Waals surface area (Å²) in [5, 5.41) is 13.6. The monoisotopic (exact) mass is 298 g/mol. The molecule has 104 valence electrons. The topological polar surface area (TPSA) is 62.2 Å². The number of anilines is 1. The Labute approximate surface area is 126 Å². The summed E-state index contributed by atoms with van der Waals surface area (Å²) in [5.74, 6) is -0.419. The maximum atomic E-state index is 12.5. The molecular formula is C16H11ClN2O2. The van der Waals surface area contributed by atoms with Gasteiger partial charge in [0.2, 0.25) is 0 Å². The summed E-state index contributed by atoms with van der Waals surface area (Å²) in [6.45, 7) is 0. The molecule has 0 bridgehead atoms. The van der Waals surface area contributed by atoms with Crippen molar-refractivity contribution in [2.75, 3.05) is 5.32 Å². The number of Topliss-reactive ketones (excluding diaryl/α,β-unsaturated/α-hetero) is 1. The molecule has 1 aromatic heterocycles. The standard InChI is InChI=1S/C16H11ClN2O2/c17-12-4-3-10-6-13(15(20)9-19-14(10)7-12)16(21)11-2-1-5-18-8-11/h1-9,19-20H. The number of halogens is 1. The molecule has 21 heavy (non-hydrogen) atoms. The highest BCUT2D eigenvalue weighted by Gasteiger charge is 2.19. The van der Waals surface area contributed by atoms with E-state index >= 15 is 0 Å². The molecule has 4 nitrogen and oxygen atoms in total. The van der Waals surface area contributed by atoms with Gasteiger partial charge in [0.1, 0.15) is 5.76 Å². The van der Waals surface area contributed by atoms with E-state index in [4.69, 9.17) is 11.6 Å². The van der Waals surface area contributed by atoms with E-state index in [1.54, 1.807) is 42.6 Å². The first-order valence-corrected chi connectivity index (χ1v) is 6.65. The molecule has 1 aromatic carbocycles. The fourth-order valence-electron chi connectivity index (χ4n) is 2.07. The van der Waals surface area contributed by atoms with Crippen LogP contribution in [0.25, 0.3) is 6.08 Å². The second kappa shape index (κ2) is 5.42. The van der Waals surface area contributed by atoms with E-state index in [1.807, 2.05) is 0 Å². The number of aromatic nitrogens is 1. The predicted octanol–water partition coefficient (Wildman–Crippen LogP) is 3.83. The van der Waals surface area contributed by atoms with Crippen molar-refractivity contribution in [2.24, 2.45) is 0 Å². The van der Waals surface area contributed by atoms with Gasteiger partial charge in [0.05, 0.1) is 5.57 Å². The van der Waals surface area contributed by atoms with E-state index in [0.29, 0.717) is 10.6 Å². The molecule has 0 saturated heterocycles. The molecule has 0 radical (unpaired) electrons. The van der Waals surface area contributed by atoms with Crippen LogP contribution in [-0.2, 0) is 0 Å². The molecule has 0 atom stereocenters. The summed E-state index contributed by atoms with van der Waals surface area (Å²) in [4.78, 5) is 16.4.